The zero-order chi connectivity index (χ0) is 16.3. The summed E-state index contributed by atoms with van der Waals surface area (Å²) < 4.78 is 19.2. The lowest BCUT2D eigenvalue weighted by Crippen LogP contribution is -2.01. The predicted molar refractivity (Wildman–Crippen MR) is 87.4 cm³/mol. The number of rotatable bonds is 5. The van der Waals surface area contributed by atoms with Crippen molar-refractivity contribution in [2.45, 2.75) is 26.9 Å². The fourth-order valence-electron chi connectivity index (χ4n) is 2.12. The van der Waals surface area contributed by atoms with Crippen molar-refractivity contribution in [3.63, 3.8) is 0 Å². The van der Waals surface area contributed by atoms with Gasteiger partial charge in [-0.2, -0.15) is 0 Å². The van der Waals surface area contributed by atoms with Crippen LogP contribution in [0.25, 0.3) is 0 Å². The first kappa shape index (κ1) is 16.9. The van der Waals surface area contributed by atoms with Crippen LogP contribution in [0.15, 0.2) is 30.3 Å². The number of phenolic OH excluding ortho intramolecular Hbond substituents is 1. The molecule has 0 unspecified atom stereocenters. The molecule has 0 fully saturated rings. The third-order valence-corrected chi connectivity index (χ3v) is 3.95. The third kappa shape index (κ3) is 3.84. The maximum atomic E-state index is 13.7. The van der Waals surface area contributed by atoms with E-state index < -0.39 is 5.82 Å². The van der Waals surface area contributed by atoms with E-state index in [9.17, 15) is 9.50 Å². The smallest absolute Gasteiger partial charge is 0.142 e. The molecule has 0 aliphatic carbocycles. The van der Waals surface area contributed by atoms with Crippen LogP contribution in [-0.2, 0) is 13.0 Å². The maximum absolute atomic E-state index is 13.7. The minimum Gasteiger partial charge on any atom is -0.506 e. The van der Waals surface area contributed by atoms with Gasteiger partial charge >= 0.3 is 0 Å². The standard InChI is InChI=1S/C17H17Cl2FO2/c1-10(2)8-11-6-7-15(16(19)17(11)21)22-9-12-13(18)4-3-5-14(12)20/h3-7,10,21H,8-9H2,1-2H3. The van der Waals surface area contributed by atoms with Gasteiger partial charge in [-0.25, -0.2) is 4.39 Å². The van der Waals surface area contributed by atoms with Crippen LogP contribution < -0.4 is 4.74 Å². The Kier molecular flexibility index (Phi) is 5.54. The molecule has 2 nitrogen and oxygen atoms in total. The van der Waals surface area contributed by atoms with E-state index in [4.69, 9.17) is 27.9 Å². The van der Waals surface area contributed by atoms with Gasteiger partial charge in [0.2, 0.25) is 0 Å². The zero-order valence-electron chi connectivity index (χ0n) is 12.4. The lowest BCUT2D eigenvalue weighted by Gasteiger charge is -2.14. The molecule has 22 heavy (non-hydrogen) atoms. The summed E-state index contributed by atoms with van der Waals surface area (Å²) in [6.45, 7) is 4.05. The summed E-state index contributed by atoms with van der Waals surface area (Å²) in [5.74, 6) is 0.258. The lowest BCUT2D eigenvalue weighted by atomic mass is 10.0. The van der Waals surface area contributed by atoms with Gasteiger partial charge in [0.1, 0.15) is 28.9 Å². The summed E-state index contributed by atoms with van der Waals surface area (Å²) in [7, 11) is 0. The number of aromatic hydroxyl groups is 1. The Labute approximate surface area is 139 Å². The highest BCUT2D eigenvalue weighted by molar-refractivity contribution is 6.33. The van der Waals surface area contributed by atoms with Crippen molar-refractivity contribution in [1.29, 1.82) is 0 Å². The molecule has 1 N–H and O–H groups in total. The zero-order valence-corrected chi connectivity index (χ0v) is 13.9. The van der Waals surface area contributed by atoms with Crippen LogP contribution in [0.3, 0.4) is 0 Å². The molecular weight excluding hydrogens is 326 g/mol. The Morgan fingerprint density at radius 1 is 1.18 bits per heavy atom. The first-order chi connectivity index (χ1) is 10.4. The van der Waals surface area contributed by atoms with Crippen molar-refractivity contribution in [3.8, 4) is 11.5 Å². The van der Waals surface area contributed by atoms with Crippen LogP contribution in [0.4, 0.5) is 4.39 Å². The molecule has 0 radical (unpaired) electrons. The molecule has 0 bridgehead atoms. The highest BCUT2D eigenvalue weighted by Gasteiger charge is 2.14. The molecular formula is C17H17Cl2FO2. The van der Waals surface area contributed by atoms with Crippen molar-refractivity contribution in [2.75, 3.05) is 0 Å². The van der Waals surface area contributed by atoms with Crippen LogP contribution >= 0.6 is 23.2 Å². The average Bonchev–Trinajstić information content (AvgIpc) is 2.45. The SMILES string of the molecule is CC(C)Cc1ccc(OCc2c(F)cccc2Cl)c(Cl)c1O. The molecule has 5 heteroatoms. The van der Waals surface area contributed by atoms with Gasteiger partial charge in [0.05, 0.1) is 5.02 Å². The molecule has 2 rings (SSSR count). The van der Waals surface area contributed by atoms with Gasteiger partial charge in [-0.15, -0.1) is 0 Å². The molecule has 0 aliphatic rings. The second-order valence-electron chi connectivity index (χ2n) is 5.47. The Hall–Kier alpha value is -1.45. The van der Waals surface area contributed by atoms with Crippen molar-refractivity contribution >= 4 is 23.2 Å². The van der Waals surface area contributed by atoms with Crippen LogP contribution in [-0.4, -0.2) is 5.11 Å². The molecule has 0 amide bonds. The summed E-state index contributed by atoms with van der Waals surface area (Å²) in [5.41, 5.74) is 1.02. The van der Waals surface area contributed by atoms with Crippen molar-refractivity contribution in [1.82, 2.24) is 0 Å². The molecule has 2 aromatic rings. The average molecular weight is 343 g/mol. The Bertz CT molecular complexity index is 652. The van der Waals surface area contributed by atoms with Crippen molar-refractivity contribution < 1.29 is 14.2 Å². The van der Waals surface area contributed by atoms with Crippen molar-refractivity contribution in [3.05, 3.63) is 57.3 Å². The molecule has 0 aromatic heterocycles. The van der Waals surface area contributed by atoms with E-state index in [1.54, 1.807) is 18.2 Å². The minimum atomic E-state index is -0.440. The van der Waals surface area contributed by atoms with Crippen LogP contribution in [0.2, 0.25) is 10.0 Å². The summed E-state index contributed by atoms with van der Waals surface area (Å²) >= 11 is 12.1. The largest absolute Gasteiger partial charge is 0.506 e. The minimum absolute atomic E-state index is 0.00694. The van der Waals surface area contributed by atoms with Gasteiger partial charge in [0.25, 0.3) is 0 Å². The number of ether oxygens (including phenoxy) is 1. The quantitative estimate of drug-likeness (QED) is 0.764. The number of hydrogen-bond donors (Lipinski definition) is 1. The Morgan fingerprint density at radius 3 is 2.55 bits per heavy atom. The Morgan fingerprint density at radius 2 is 1.91 bits per heavy atom. The van der Waals surface area contributed by atoms with Crippen LogP contribution in [0.1, 0.15) is 25.0 Å². The highest BCUT2D eigenvalue weighted by atomic mass is 35.5. The number of halogens is 3. The number of phenols is 1. The molecule has 0 aliphatic heterocycles. The van der Waals surface area contributed by atoms with E-state index in [0.29, 0.717) is 18.1 Å². The highest BCUT2D eigenvalue weighted by Crippen LogP contribution is 2.37. The van der Waals surface area contributed by atoms with Crippen molar-refractivity contribution in [2.24, 2.45) is 5.92 Å². The van der Waals surface area contributed by atoms with E-state index >= 15 is 0 Å². The van der Waals surface area contributed by atoms with Gasteiger partial charge in [-0.05, 0) is 36.1 Å². The third-order valence-electron chi connectivity index (χ3n) is 3.23. The van der Waals surface area contributed by atoms with E-state index in [1.165, 1.54) is 12.1 Å². The normalized spacial score (nSPS) is 11.0. The number of hydrogen-bond acceptors (Lipinski definition) is 2. The van der Waals surface area contributed by atoms with E-state index in [-0.39, 0.29) is 28.0 Å². The summed E-state index contributed by atoms with van der Waals surface area (Å²) in [5, 5.41) is 10.5. The molecule has 0 atom stereocenters. The predicted octanol–water partition coefficient (Wildman–Crippen LogP) is 5.62. The molecule has 118 valence electrons. The molecule has 0 spiro atoms. The molecule has 2 aromatic carbocycles. The van der Waals surface area contributed by atoms with Gasteiger partial charge in [0, 0.05) is 5.56 Å². The molecule has 0 heterocycles. The summed E-state index contributed by atoms with van der Waals surface area (Å²) in [6, 6.07) is 7.87. The van der Waals surface area contributed by atoms with Crippen LogP contribution in [0.5, 0.6) is 11.5 Å². The fourth-order valence-corrected chi connectivity index (χ4v) is 2.58. The molecule has 0 saturated heterocycles. The van der Waals surface area contributed by atoms with Gasteiger partial charge in [-0.3, -0.25) is 0 Å². The summed E-state index contributed by atoms with van der Waals surface area (Å²) in [4.78, 5) is 0. The van der Waals surface area contributed by atoms with Gasteiger partial charge in [0.15, 0.2) is 0 Å². The van der Waals surface area contributed by atoms with E-state index in [0.717, 1.165) is 5.56 Å². The lowest BCUT2D eigenvalue weighted by molar-refractivity contribution is 0.298. The monoisotopic (exact) mass is 342 g/mol. The molecule has 0 saturated carbocycles. The van der Waals surface area contributed by atoms with Gasteiger partial charge in [-0.1, -0.05) is 49.2 Å². The second-order valence-corrected chi connectivity index (χ2v) is 6.26. The summed E-state index contributed by atoms with van der Waals surface area (Å²) in [6.07, 6.45) is 0.713. The van der Waals surface area contributed by atoms with E-state index in [2.05, 4.69) is 13.8 Å². The van der Waals surface area contributed by atoms with Crippen LogP contribution in [0, 0.1) is 11.7 Å². The first-order valence-electron chi connectivity index (χ1n) is 6.96. The number of benzene rings is 2. The Balaban J connectivity index is 2.19. The van der Waals surface area contributed by atoms with E-state index in [1.807, 2.05) is 0 Å². The first-order valence-corrected chi connectivity index (χ1v) is 7.71. The van der Waals surface area contributed by atoms with Gasteiger partial charge < -0.3 is 9.84 Å². The second kappa shape index (κ2) is 7.21. The maximum Gasteiger partial charge on any atom is 0.142 e. The fraction of sp³-hybridized carbons (Fsp3) is 0.294. The topological polar surface area (TPSA) is 29.5 Å².